The summed E-state index contributed by atoms with van der Waals surface area (Å²) in [7, 11) is 1.66. The Kier molecular flexibility index (Phi) is 10.4. The second-order valence-electron chi connectivity index (χ2n) is 7.68. The van der Waals surface area contributed by atoms with Gasteiger partial charge in [-0.15, -0.1) is 0 Å². The first kappa shape index (κ1) is 26.7. The van der Waals surface area contributed by atoms with Gasteiger partial charge in [-0.2, -0.15) is 5.10 Å². The molecule has 2 amide bonds. The Labute approximate surface area is 202 Å². The lowest BCUT2D eigenvalue weighted by Gasteiger charge is -2.22. The highest BCUT2D eigenvalue weighted by molar-refractivity contribution is 8.13. The number of hydrazone groups is 1. The van der Waals surface area contributed by atoms with Gasteiger partial charge < -0.3 is 26.6 Å². The number of nitrogens with one attached hydrogen (secondary N) is 2. The average Bonchev–Trinajstić information content (AvgIpc) is 2.80. The quantitative estimate of drug-likeness (QED) is 0.105. The van der Waals surface area contributed by atoms with Crippen LogP contribution in [-0.2, 0) is 20.8 Å². The number of hydrazine groups is 1. The maximum atomic E-state index is 12.8. The Morgan fingerprint density at radius 2 is 2.03 bits per heavy atom. The number of phenols is 1. The second-order valence-corrected chi connectivity index (χ2v) is 8.71. The maximum Gasteiger partial charge on any atom is 0.236 e. The number of carbonyl (C=O) groups is 3. The summed E-state index contributed by atoms with van der Waals surface area (Å²) in [4.78, 5) is 37.8. The molecule has 1 atom stereocenters. The van der Waals surface area contributed by atoms with E-state index in [0.29, 0.717) is 30.7 Å². The third kappa shape index (κ3) is 7.78. The summed E-state index contributed by atoms with van der Waals surface area (Å²) in [5, 5.41) is 15.7. The summed E-state index contributed by atoms with van der Waals surface area (Å²) in [5.41, 5.74) is 5.72. The Morgan fingerprint density at radius 3 is 2.65 bits per heavy atom. The van der Waals surface area contributed by atoms with Crippen molar-refractivity contribution in [2.24, 2.45) is 16.8 Å². The van der Waals surface area contributed by atoms with Crippen LogP contribution >= 0.6 is 11.8 Å². The predicted octanol–water partition coefficient (Wildman–Crippen LogP) is 1.50. The molecule has 2 aromatic carbocycles. The number of phenolic OH excluding ortho intramolecular Hbond substituents is 1. The van der Waals surface area contributed by atoms with E-state index < -0.39 is 5.25 Å². The molecule has 0 aromatic heterocycles. The van der Waals surface area contributed by atoms with Gasteiger partial charge in [-0.05, 0) is 37.5 Å². The fraction of sp³-hybridized carbons (Fsp3) is 0.304. The molecule has 2 aromatic rings. The normalized spacial score (nSPS) is 12.0. The summed E-state index contributed by atoms with van der Waals surface area (Å²) in [6, 6.07) is 12.3. The number of thioether (sulfide) groups is 1. The molecule has 10 nitrogen and oxygen atoms in total. The van der Waals surface area contributed by atoms with Gasteiger partial charge in [-0.25, -0.2) is 5.84 Å². The van der Waals surface area contributed by atoms with E-state index in [1.54, 1.807) is 18.0 Å². The number of nitrogens with zero attached hydrogens (tertiary/aromatic N) is 2. The summed E-state index contributed by atoms with van der Waals surface area (Å²) >= 11 is 0.959. The van der Waals surface area contributed by atoms with Crippen LogP contribution < -0.4 is 22.4 Å². The van der Waals surface area contributed by atoms with Gasteiger partial charge in [0.1, 0.15) is 5.75 Å². The van der Waals surface area contributed by atoms with E-state index in [4.69, 9.17) is 11.7 Å². The molecule has 0 aliphatic heterocycles. The molecule has 0 saturated heterocycles. The third-order valence-corrected chi connectivity index (χ3v) is 5.88. The van der Waals surface area contributed by atoms with Gasteiger partial charge in [-0.1, -0.05) is 41.6 Å². The standard InChI is InChI=1S/C23H30N6O4S/c1-15-5-3-6-16(11-15)12-20(34-14-30)23(33)29(2)10-4-7-21(32)26-17-8-9-18(19(31)13-17)22(27-24)28-25/h3,5-6,8-9,11,13-14,20,31H,4,7,10,12,24-25H2,1-2H3,(H,26,32)(H,27,28). The van der Waals surface area contributed by atoms with Crippen LogP contribution in [-0.4, -0.2) is 52.1 Å². The van der Waals surface area contributed by atoms with Gasteiger partial charge in [0.05, 0.1) is 10.8 Å². The first-order valence-corrected chi connectivity index (χ1v) is 11.5. The first-order chi connectivity index (χ1) is 16.3. The fourth-order valence-corrected chi connectivity index (χ4v) is 4.08. The number of amidine groups is 1. The number of anilines is 1. The monoisotopic (exact) mass is 486 g/mol. The number of hydrogen-bond donors (Lipinski definition) is 5. The SMILES string of the molecule is Cc1cccc(CC(SC=O)C(=O)N(C)CCCC(=O)Nc2ccc(/C(=N/N)NN)c(O)c2)c1. The van der Waals surface area contributed by atoms with Crippen molar-refractivity contribution >= 4 is 40.7 Å². The van der Waals surface area contributed by atoms with Gasteiger partial charge in [0.2, 0.25) is 11.8 Å². The zero-order chi connectivity index (χ0) is 25.1. The number of hydrogen-bond acceptors (Lipinski definition) is 8. The minimum absolute atomic E-state index is 0.0940. The Bertz CT molecular complexity index is 1050. The van der Waals surface area contributed by atoms with Crippen molar-refractivity contribution < 1.29 is 19.5 Å². The third-order valence-electron chi connectivity index (χ3n) is 5.07. The molecular formula is C23H30N6O4S. The lowest BCUT2D eigenvalue weighted by atomic mass is 10.1. The number of aryl methyl sites for hydroxylation is 1. The largest absolute Gasteiger partial charge is 0.507 e. The zero-order valence-corrected chi connectivity index (χ0v) is 20.0. The number of amides is 2. The van der Waals surface area contributed by atoms with Crippen LogP contribution in [0.3, 0.4) is 0 Å². The molecular weight excluding hydrogens is 456 g/mol. The van der Waals surface area contributed by atoms with Gasteiger partial charge in [-0.3, -0.25) is 14.4 Å². The highest BCUT2D eigenvalue weighted by Crippen LogP contribution is 2.22. The molecule has 0 saturated carbocycles. The van der Waals surface area contributed by atoms with E-state index in [1.165, 1.54) is 12.1 Å². The van der Waals surface area contributed by atoms with Crippen molar-refractivity contribution in [3.63, 3.8) is 0 Å². The van der Waals surface area contributed by atoms with Crippen molar-refractivity contribution in [2.75, 3.05) is 18.9 Å². The molecule has 11 heteroatoms. The molecule has 34 heavy (non-hydrogen) atoms. The van der Waals surface area contributed by atoms with Crippen molar-refractivity contribution in [2.45, 2.75) is 31.4 Å². The molecule has 0 aliphatic rings. The van der Waals surface area contributed by atoms with Crippen LogP contribution in [0.1, 0.15) is 29.5 Å². The molecule has 0 fully saturated rings. The molecule has 0 aliphatic carbocycles. The highest BCUT2D eigenvalue weighted by Gasteiger charge is 2.23. The van der Waals surface area contributed by atoms with Crippen molar-refractivity contribution in [3.8, 4) is 5.75 Å². The van der Waals surface area contributed by atoms with Gasteiger partial charge in [0.25, 0.3) is 0 Å². The van der Waals surface area contributed by atoms with Crippen molar-refractivity contribution in [3.05, 3.63) is 59.2 Å². The Balaban J connectivity index is 1.87. The first-order valence-electron chi connectivity index (χ1n) is 10.6. The highest BCUT2D eigenvalue weighted by atomic mass is 32.2. The van der Waals surface area contributed by atoms with Crippen LogP contribution in [0.25, 0.3) is 0 Å². The molecule has 182 valence electrons. The number of aromatic hydroxyl groups is 1. The van der Waals surface area contributed by atoms with E-state index in [1.807, 2.05) is 31.2 Å². The average molecular weight is 487 g/mol. The summed E-state index contributed by atoms with van der Waals surface area (Å²) < 4.78 is 0. The molecule has 7 N–H and O–H groups in total. The molecule has 0 bridgehead atoms. The topological polar surface area (TPSA) is 163 Å². The molecule has 0 radical (unpaired) electrons. The van der Waals surface area contributed by atoms with Crippen molar-refractivity contribution in [1.29, 1.82) is 0 Å². The second kappa shape index (κ2) is 13.2. The van der Waals surface area contributed by atoms with Crippen LogP contribution in [0.15, 0.2) is 47.6 Å². The van der Waals surface area contributed by atoms with Gasteiger partial charge in [0.15, 0.2) is 11.5 Å². The van der Waals surface area contributed by atoms with Gasteiger partial charge in [0, 0.05) is 31.8 Å². The van der Waals surface area contributed by atoms with E-state index in [-0.39, 0.29) is 35.4 Å². The molecule has 2 rings (SSSR count). The fourth-order valence-electron chi connectivity index (χ4n) is 3.36. The minimum Gasteiger partial charge on any atom is -0.507 e. The number of carbonyl (C=O) groups excluding carboxylic acids is 3. The molecule has 1 unspecified atom stereocenters. The lowest BCUT2D eigenvalue weighted by molar-refractivity contribution is -0.129. The smallest absolute Gasteiger partial charge is 0.236 e. The summed E-state index contributed by atoms with van der Waals surface area (Å²) in [6.45, 7) is 2.34. The van der Waals surface area contributed by atoms with Crippen molar-refractivity contribution in [1.82, 2.24) is 10.3 Å². The van der Waals surface area contributed by atoms with E-state index in [0.717, 1.165) is 22.9 Å². The number of nitrogens with two attached hydrogens (primary N) is 2. The van der Waals surface area contributed by atoms with Crippen LogP contribution in [0, 0.1) is 6.92 Å². The van der Waals surface area contributed by atoms with Crippen LogP contribution in [0.4, 0.5) is 5.69 Å². The predicted molar refractivity (Wildman–Crippen MR) is 135 cm³/mol. The molecule has 0 spiro atoms. The Morgan fingerprint density at radius 1 is 1.26 bits per heavy atom. The maximum absolute atomic E-state index is 12.8. The van der Waals surface area contributed by atoms with Gasteiger partial charge >= 0.3 is 0 Å². The van der Waals surface area contributed by atoms with Crippen LogP contribution in [0.2, 0.25) is 0 Å². The lowest BCUT2D eigenvalue weighted by Crippen LogP contribution is -2.37. The summed E-state index contributed by atoms with van der Waals surface area (Å²) in [5.74, 6) is 10.0. The number of rotatable bonds is 11. The van der Waals surface area contributed by atoms with E-state index in [9.17, 15) is 19.5 Å². The zero-order valence-electron chi connectivity index (χ0n) is 19.2. The summed E-state index contributed by atoms with van der Waals surface area (Å²) in [6.07, 6.45) is 1.05. The van der Waals surface area contributed by atoms with Crippen LogP contribution in [0.5, 0.6) is 5.75 Å². The van der Waals surface area contributed by atoms with E-state index in [2.05, 4.69) is 15.8 Å². The minimum atomic E-state index is -0.524. The number of benzene rings is 2. The molecule has 0 heterocycles. The van der Waals surface area contributed by atoms with E-state index >= 15 is 0 Å². The Hall–Kier alpha value is -3.57.